The molecule has 1 unspecified atom stereocenters. The number of carbonyl (C=O) groups excluding carboxylic acids is 1. The van der Waals surface area contributed by atoms with E-state index < -0.39 is 0 Å². The van der Waals surface area contributed by atoms with E-state index in [1.54, 1.807) is 11.0 Å². The smallest absolute Gasteiger partial charge is 0.239 e. The second-order valence-electron chi connectivity index (χ2n) is 4.61. The molecular weight excluding hydrogens is 312 g/mol. The van der Waals surface area contributed by atoms with E-state index in [2.05, 4.69) is 21.2 Å². The van der Waals surface area contributed by atoms with Gasteiger partial charge in [-0.15, -0.1) is 0 Å². The van der Waals surface area contributed by atoms with Gasteiger partial charge in [-0.1, -0.05) is 0 Å². The highest BCUT2D eigenvalue weighted by Crippen LogP contribution is 2.35. The van der Waals surface area contributed by atoms with Crippen LogP contribution in [0.5, 0.6) is 11.5 Å². The monoisotopic (exact) mass is 328 g/mol. The number of phenolic OH excluding ortho intramolecular Hbond substituents is 1. The lowest BCUT2D eigenvalue weighted by atomic mass is 10.1. The fraction of sp³-hybridized carbons (Fsp3) is 0.462. The summed E-state index contributed by atoms with van der Waals surface area (Å²) in [6, 6.07) is 3.45. The number of rotatable bonds is 4. The highest BCUT2D eigenvalue weighted by molar-refractivity contribution is 9.10. The summed E-state index contributed by atoms with van der Waals surface area (Å²) in [4.78, 5) is 13.5. The van der Waals surface area contributed by atoms with Crippen LogP contribution in [0.3, 0.4) is 0 Å². The minimum absolute atomic E-state index is 0.0860. The van der Waals surface area contributed by atoms with Crippen molar-refractivity contribution in [1.29, 1.82) is 0 Å². The molecule has 0 saturated carbocycles. The SMILES string of the molecule is COc1cc(CNC2CCN(C)C2=O)cc(Br)c1O. The van der Waals surface area contributed by atoms with E-state index in [0.717, 1.165) is 18.5 Å². The molecule has 0 spiro atoms. The van der Waals surface area contributed by atoms with Crippen LogP contribution in [0.2, 0.25) is 0 Å². The number of hydrogen-bond donors (Lipinski definition) is 2. The van der Waals surface area contributed by atoms with E-state index in [1.807, 2.05) is 13.1 Å². The zero-order chi connectivity index (χ0) is 14.0. The van der Waals surface area contributed by atoms with Gasteiger partial charge in [-0.3, -0.25) is 4.79 Å². The lowest BCUT2D eigenvalue weighted by molar-refractivity contribution is -0.128. The Balaban J connectivity index is 2.04. The molecule has 0 aliphatic carbocycles. The number of methoxy groups -OCH3 is 1. The van der Waals surface area contributed by atoms with Crippen LogP contribution in [0.1, 0.15) is 12.0 Å². The molecule has 1 saturated heterocycles. The third kappa shape index (κ3) is 3.01. The molecule has 0 aromatic heterocycles. The van der Waals surface area contributed by atoms with E-state index >= 15 is 0 Å². The average molecular weight is 329 g/mol. The van der Waals surface area contributed by atoms with Crippen LogP contribution in [-0.4, -0.2) is 42.7 Å². The van der Waals surface area contributed by atoms with Crippen molar-refractivity contribution in [3.8, 4) is 11.5 Å². The lowest BCUT2D eigenvalue weighted by Crippen LogP contribution is -2.36. The summed E-state index contributed by atoms with van der Waals surface area (Å²) in [5.41, 5.74) is 0.948. The molecule has 104 valence electrons. The number of amides is 1. The third-order valence-electron chi connectivity index (χ3n) is 3.29. The normalized spacial score (nSPS) is 19.0. The predicted octanol–water partition coefficient (Wildman–Crippen LogP) is 1.48. The van der Waals surface area contributed by atoms with E-state index in [1.165, 1.54) is 7.11 Å². The van der Waals surface area contributed by atoms with Gasteiger partial charge in [0.25, 0.3) is 0 Å². The fourth-order valence-electron chi connectivity index (χ4n) is 2.14. The number of halogens is 1. The Hall–Kier alpha value is -1.27. The van der Waals surface area contributed by atoms with Gasteiger partial charge in [0.15, 0.2) is 11.5 Å². The molecule has 1 aromatic rings. The Kier molecular flexibility index (Phi) is 4.31. The van der Waals surface area contributed by atoms with Crippen molar-refractivity contribution in [2.45, 2.75) is 19.0 Å². The molecule has 1 amide bonds. The van der Waals surface area contributed by atoms with Gasteiger partial charge in [-0.2, -0.15) is 0 Å². The Bertz CT molecular complexity index is 493. The molecule has 2 rings (SSSR count). The highest BCUT2D eigenvalue weighted by atomic mass is 79.9. The summed E-state index contributed by atoms with van der Waals surface area (Å²) in [5.74, 6) is 0.633. The number of phenols is 1. The number of carbonyl (C=O) groups is 1. The molecule has 0 bridgehead atoms. The summed E-state index contributed by atoms with van der Waals surface area (Å²) in [6.07, 6.45) is 0.825. The van der Waals surface area contributed by atoms with E-state index in [9.17, 15) is 9.90 Å². The molecule has 6 heteroatoms. The van der Waals surface area contributed by atoms with Crippen molar-refractivity contribution in [3.05, 3.63) is 22.2 Å². The number of hydrogen-bond acceptors (Lipinski definition) is 4. The summed E-state index contributed by atoms with van der Waals surface area (Å²) in [7, 11) is 3.32. The first-order chi connectivity index (χ1) is 9.02. The Morgan fingerprint density at radius 3 is 2.89 bits per heavy atom. The van der Waals surface area contributed by atoms with E-state index in [4.69, 9.17) is 4.74 Å². The molecule has 2 N–H and O–H groups in total. The van der Waals surface area contributed by atoms with Crippen LogP contribution in [-0.2, 0) is 11.3 Å². The van der Waals surface area contributed by atoms with Crippen molar-refractivity contribution >= 4 is 21.8 Å². The molecule has 19 heavy (non-hydrogen) atoms. The summed E-state index contributed by atoms with van der Waals surface area (Å²) in [6.45, 7) is 1.35. The van der Waals surface area contributed by atoms with Gasteiger partial charge in [0.1, 0.15) is 0 Å². The van der Waals surface area contributed by atoms with Crippen molar-refractivity contribution in [2.75, 3.05) is 20.7 Å². The van der Waals surface area contributed by atoms with Gasteiger partial charge in [0.05, 0.1) is 17.6 Å². The first-order valence-electron chi connectivity index (χ1n) is 6.06. The third-order valence-corrected chi connectivity index (χ3v) is 3.89. The number of likely N-dealkylation sites (tertiary alicyclic amines) is 1. The quantitative estimate of drug-likeness (QED) is 0.879. The number of benzene rings is 1. The largest absolute Gasteiger partial charge is 0.503 e. The standard InChI is InChI=1S/C13H17BrN2O3/c1-16-4-3-10(13(16)18)15-7-8-5-9(14)12(17)11(6-8)19-2/h5-6,10,15,17H,3-4,7H2,1-2H3. The molecular formula is C13H17BrN2O3. The number of aromatic hydroxyl groups is 1. The van der Waals surface area contributed by atoms with Crippen LogP contribution >= 0.6 is 15.9 Å². The molecule has 1 aliphatic heterocycles. The molecule has 1 fully saturated rings. The van der Waals surface area contributed by atoms with Crippen molar-refractivity contribution in [2.24, 2.45) is 0 Å². The lowest BCUT2D eigenvalue weighted by Gasteiger charge is -2.13. The maximum absolute atomic E-state index is 11.8. The minimum atomic E-state index is -0.122. The van der Waals surface area contributed by atoms with Crippen molar-refractivity contribution in [1.82, 2.24) is 10.2 Å². The number of nitrogens with one attached hydrogen (secondary N) is 1. The summed E-state index contributed by atoms with van der Waals surface area (Å²) in [5, 5.41) is 13.0. The molecule has 1 atom stereocenters. The van der Waals surface area contributed by atoms with Crippen LogP contribution in [0, 0.1) is 0 Å². The van der Waals surface area contributed by atoms with Gasteiger partial charge in [-0.25, -0.2) is 0 Å². The van der Waals surface area contributed by atoms with Crippen LogP contribution < -0.4 is 10.1 Å². The van der Waals surface area contributed by atoms with Crippen molar-refractivity contribution < 1.29 is 14.6 Å². The fourth-order valence-corrected chi connectivity index (χ4v) is 2.63. The predicted molar refractivity (Wildman–Crippen MR) is 75.2 cm³/mol. The molecule has 1 heterocycles. The molecule has 1 aliphatic rings. The second-order valence-corrected chi connectivity index (χ2v) is 5.46. The van der Waals surface area contributed by atoms with Crippen molar-refractivity contribution in [3.63, 3.8) is 0 Å². The molecule has 1 aromatic carbocycles. The molecule has 0 radical (unpaired) electrons. The Morgan fingerprint density at radius 1 is 1.58 bits per heavy atom. The zero-order valence-electron chi connectivity index (χ0n) is 10.9. The van der Waals surface area contributed by atoms with Crippen LogP contribution in [0.4, 0.5) is 0 Å². The summed E-state index contributed by atoms with van der Waals surface area (Å²) >= 11 is 3.28. The topological polar surface area (TPSA) is 61.8 Å². The van der Waals surface area contributed by atoms with Gasteiger partial charge in [0, 0.05) is 20.1 Å². The first kappa shape index (κ1) is 14.1. The maximum Gasteiger partial charge on any atom is 0.239 e. The second kappa shape index (κ2) is 5.79. The minimum Gasteiger partial charge on any atom is -0.503 e. The van der Waals surface area contributed by atoms with Crippen LogP contribution in [0.15, 0.2) is 16.6 Å². The Labute approximate surface area is 120 Å². The highest BCUT2D eigenvalue weighted by Gasteiger charge is 2.28. The molecule has 5 nitrogen and oxygen atoms in total. The van der Waals surface area contributed by atoms with Gasteiger partial charge >= 0.3 is 0 Å². The summed E-state index contributed by atoms with van der Waals surface area (Å²) < 4.78 is 5.68. The number of likely N-dealkylation sites (N-methyl/N-ethyl adjacent to an activating group) is 1. The first-order valence-corrected chi connectivity index (χ1v) is 6.86. The van der Waals surface area contributed by atoms with E-state index in [0.29, 0.717) is 16.8 Å². The van der Waals surface area contributed by atoms with Gasteiger partial charge in [-0.05, 0) is 40.0 Å². The van der Waals surface area contributed by atoms with Gasteiger partial charge in [0.2, 0.25) is 5.91 Å². The van der Waals surface area contributed by atoms with Crippen LogP contribution in [0.25, 0.3) is 0 Å². The van der Waals surface area contributed by atoms with Gasteiger partial charge < -0.3 is 20.1 Å². The zero-order valence-corrected chi connectivity index (χ0v) is 12.5. The Morgan fingerprint density at radius 2 is 2.32 bits per heavy atom. The maximum atomic E-state index is 11.8. The number of nitrogens with zero attached hydrogens (tertiary/aromatic N) is 1. The van der Waals surface area contributed by atoms with E-state index in [-0.39, 0.29) is 17.7 Å². The number of ether oxygens (including phenoxy) is 1. The average Bonchev–Trinajstić information content (AvgIpc) is 2.71.